The van der Waals surface area contributed by atoms with Crippen molar-refractivity contribution in [1.29, 1.82) is 0 Å². The maximum atomic E-state index is 11.9. The van der Waals surface area contributed by atoms with Crippen molar-refractivity contribution >= 4 is 27.3 Å². The van der Waals surface area contributed by atoms with Crippen LogP contribution in [0.25, 0.3) is 0 Å². The summed E-state index contributed by atoms with van der Waals surface area (Å²) < 4.78 is 35.8. The van der Waals surface area contributed by atoms with Crippen LogP contribution in [0.3, 0.4) is 0 Å². The summed E-state index contributed by atoms with van der Waals surface area (Å²) >= 11 is 4.19. The van der Waals surface area contributed by atoms with Crippen LogP contribution in [0.5, 0.6) is 0 Å². The van der Waals surface area contributed by atoms with Crippen LogP contribution in [0.2, 0.25) is 0 Å². The maximum Gasteiger partial charge on any atom is 0.417 e. The van der Waals surface area contributed by atoms with E-state index in [0.717, 1.165) is 22.8 Å². The third-order valence-corrected chi connectivity index (χ3v) is 3.02. The van der Waals surface area contributed by atoms with Gasteiger partial charge in [-0.25, -0.2) is 0 Å². The first-order valence-electron chi connectivity index (χ1n) is 2.74. The third kappa shape index (κ3) is 2.20. The molecule has 0 bridgehead atoms. The van der Waals surface area contributed by atoms with Crippen molar-refractivity contribution < 1.29 is 13.2 Å². The molecule has 0 fully saturated rings. The van der Waals surface area contributed by atoms with E-state index in [-0.39, 0.29) is 0 Å². The van der Waals surface area contributed by atoms with Gasteiger partial charge in [0.1, 0.15) is 0 Å². The highest BCUT2D eigenvalue weighted by atomic mass is 79.9. The van der Waals surface area contributed by atoms with Crippen LogP contribution in [0, 0.1) is 0 Å². The fourth-order valence-electron chi connectivity index (χ4n) is 0.599. The first-order valence-corrected chi connectivity index (χ1v) is 4.74. The molecule has 1 heterocycles. The van der Waals surface area contributed by atoms with Crippen LogP contribution in [0.15, 0.2) is 11.4 Å². The van der Waals surface area contributed by atoms with E-state index in [9.17, 15) is 13.2 Å². The molecule has 1 rings (SSSR count). The molecule has 11 heavy (non-hydrogen) atoms. The number of hydrogen-bond donors (Lipinski definition) is 0. The van der Waals surface area contributed by atoms with E-state index < -0.39 is 11.7 Å². The highest BCUT2D eigenvalue weighted by Gasteiger charge is 2.31. The van der Waals surface area contributed by atoms with E-state index >= 15 is 0 Å². The summed E-state index contributed by atoms with van der Waals surface area (Å²) in [6.45, 7) is 0. The second kappa shape index (κ2) is 3.15. The minimum Gasteiger partial charge on any atom is -0.166 e. The largest absolute Gasteiger partial charge is 0.417 e. The SMILES string of the molecule is FC(F)(F)c1csc(CBr)c1. The molecule has 0 aromatic carbocycles. The fourth-order valence-corrected chi connectivity index (χ4v) is 1.90. The highest BCUT2D eigenvalue weighted by Crippen LogP contribution is 2.33. The van der Waals surface area contributed by atoms with Crippen LogP contribution in [0.1, 0.15) is 10.4 Å². The van der Waals surface area contributed by atoms with Gasteiger partial charge in [-0.1, -0.05) is 15.9 Å². The molecule has 1 aromatic heterocycles. The maximum absolute atomic E-state index is 11.9. The monoisotopic (exact) mass is 244 g/mol. The van der Waals surface area contributed by atoms with Gasteiger partial charge in [-0.3, -0.25) is 0 Å². The number of alkyl halides is 4. The van der Waals surface area contributed by atoms with Gasteiger partial charge >= 0.3 is 6.18 Å². The average Bonchev–Trinajstić information content (AvgIpc) is 2.32. The zero-order chi connectivity index (χ0) is 8.48. The molecule has 0 N–H and O–H groups in total. The van der Waals surface area contributed by atoms with Gasteiger partial charge < -0.3 is 0 Å². The first-order chi connectivity index (χ1) is 5.04. The Morgan fingerprint density at radius 1 is 1.45 bits per heavy atom. The van der Waals surface area contributed by atoms with E-state index in [0.29, 0.717) is 10.2 Å². The van der Waals surface area contributed by atoms with E-state index in [1.807, 2.05) is 0 Å². The Hall–Kier alpha value is -0.0300. The Kier molecular flexibility index (Phi) is 2.59. The molecule has 0 amide bonds. The predicted octanol–water partition coefficient (Wildman–Crippen LogP) is 3.66. The molecule has 0 unspecified atom stereocenters. The molecular formula is C6H4BrF3S. The fraction of sp³-hybridized carbons (Fsp3) is 0.333. The Labute approximate surface area is 74.2 Å². The summed E-state index contributed by atoms with van der Waals surface area (Å²) in [6.07, 6.45) is -4.20. The van der Waals surface area contributed by atoms with Crippen molar-refractivity contribution in [2.75, 3.05) is 0 Å². The zero-order valence-corrected chi connectivity index (χ0v) is 7.68. The zero-order valence-electron chi connectivity index (χ0n) is 5.28. The quantitative estimate of drug-likeness (QED) is 0.662. The molecule has 0 atom stereocenters. The molecule has 0 saturated carbocycles. The Morgan fingerprint density at radius 3 is 2.36 bits per heavy atom. The second-order valence-electron chi connectivity index (χ2n) is 1.93. The first kappa shape index (κ1) is 9.06. The average molecular weight is 245 g/mol. The van der Waals surface area contributed by atoms with Gasteiger partial charge in [-0.15, -0.1) is 11.3 Å². The lowest BCUT2D eigenvalue weighted by molar-refractivity contribution is -0.137. The van der Waals surface area contributed by atoms with Crippen molar-refractivity contribution in [3.63, 3.8) is 0 Å². The number of halogens is 4. The lowest BCUT2D eigenvalue weighted by Crippen LogP contribution is -2.01. The van der Waals surface area contributed by atoms with E-state index in [1.54, 1.807) is 0 Å². The molecule has 0 spiro atoms. The summed E-state index contributed by atoms with van der Waals surface area (Å²) in [5.74, 6) is 0. The van der Waals surface area contributed by atoms with E-state index in [4.69, 9.17) is 0 Å². The summed E-state index contributed by atoms with van der Waals surface area (Å²) in [6, 6.07) is 1.15. The number of thiophene rings is 1. The smallest absolute Gasteiger partial charge is 0.166 e. The lowest BCUT2D eigenvalue weighted by Gasteiger charge is -2.00. The second-order valence-corrected chi connectivity index (χ2v) is 3.49. The van der Waals surface area contributed by atoms with Crippen LogP contribution in [-0.4, -0.2) is 0 Å². The van der Waals surface area contributed by atoms with Gasteiger partial charge in [-0.2, -0.15) is 13.2 Å². The van der Waals surface area contributed by atoms with Crippen molar-refractivity contribution in [2.24, 2.45) is 0 Å². The molecule has 0 nitrogen and oxygen atoms in total. The number of rotatable bonds is 1. The minimum absolute atomic E-state index is 0.480. The summed E-state index contributed by atoms with van der Waals surface area (Å²) in [5.41, 5.74) is -0.558. The van der Waals surface area contributed by atoms with Gasteiger partial charge in [0.25, 0.3) is 0 Å². The molecule has 62 valence electrons. The van der Waals surface area contributed by atoms with Crippen LogP contribution >= 0.6 is 27.3 Å². The standard InChI is InChI=1S/C6H4BrF3S/c7-2-5-1-4(3-11-5)6(8,9)10/h1,3H,2H2. The summed E-state index contributed by atoms with van der Waals surface area (Å²) in [7, 11) is 0. The van der Waals surface area contributed by atoms with Crippen molar-refractivity contribution in [3.8, 4) is 0 Å². The Morgan fingerprint density at radius 2 is 2.09 bits per heavy atom. The predicted molar refractivity (Wildman–Crippen MR) is 42.0 cm³/mol. The minimum atomic E-state index is -4.20. The van der Waals surface area contributed by atoms with Crippen LogP contribution in [0.4, 0.5) is 13.2 Å². The van der Waals surface area contributed by atoms with Crippen molar-refractivity contribution in [3.05, 3.63) is 21.9 Å². The van der Waals surface area contributed by atoms with Gasteiger partial charge in [0.2, 0.25) is 0 Å². The van der Waals surface area contributed by atoms with Gasteiger partial charge in [0.05, 0.1) is 5.56 Å². The normalized spacial score (nSPS) is 12.0. The highest BCUT2D eigenvalue weighted by molar-refractivity contribution is 9.08. The van der Waals surface area contributed by atoms with Crippen molar-refractivity contribution in [1.82, 2.24) is 0 Å². The third-order valence-electron chi connectivity index (χ3n) is 1.11. The van der Waals surface area contributed by atoms with Crippen LogP contribution in [-0.2, 0) is 11.5 Å². The van der Waals surface area contributed by atoms with Gasteiger partial charge in [0, 0.05) is 15.6 Å². The van der Waals surface area contributed by atoms with E-state index in [2.05, 4.69) is 15.9 Å². The molecular weight excluding hydrogens is 241 g/mol. The van der Waals surface area contributed by atoms with Gasteiger partial charge in [0.15, 0.2) is 0 Å². The molecule has 0 radical (unpaired) electrons. The number of hydrogen-bond acceptors (Lipinski definition) is 1. The molecule has 5 heteroatoms. The summed E-state index contributed by atoms with van der Waals surface area (Å²) in [5, 5.41) is 1.60. The topological polar surface area (TPSA) is 0 Å². The Balaban J connectivity index is 2.89. The molecule has 0 saturated heterocycles. The molecule has 1 aromatic rings. The lowest BCUT2D eigenvalue weighted by atomic mass is 10.3. The van der Waals surface area contributed by atoms with Gasteiger partial charge in [-0.05, 0) is 6.07 Å². The Bertz CT molecular complexity index is 240. The summed E-state index contributed by atoms with van der Waals surface area (Å²) in [4.78, 5) is 0.692. The van der Waals surface area contributed by atoms with E-state index in [1.165, 1.54) is 0 Å². The van der Waals surface area contributed by atoms with Crippen LogP contribution < -0.4 is 0 Å². The van der Waals surface area contributed by atoms with Crippen molar-refractivity contribution in [2.45, 2.75) is 11.5 Å². The molecule has 0 aliphatic heterocycles. The molecule has 0 aliphatic rings. The molecule has 0 aliphatic carbocycles.